The first kappa shape index (κ1) is 12.6. The molecular weight excluding hydrogens is 226 g/mol. The normalized spacial score (nSPS) is 33.0. The average molecular weight is 245 g/mol. The average Bonchev–Trinajstić information content (AvgIpc) is 2.84. The molecule has 0 aromatic rings. The van der Waals surface area contributed by atoms with Crippen LogP contribution in [-0.4, -0.2) is 49.3 Å². The molecule has 6 nitrogen and oxygen atoms in total. The van der Waals surface area contributed by atoms with Crippen LogP contribution in [0.25, 0.3) is 0 Å². The van der Waals surface area contributed by atoms with Crippen LogP contribution in [0.1, 0.15) is 20.8 Å². The Balaban J connectivity index is 1.93. The highest BCUT2D eigenvalue weighted by molar-refractivity contribution is 5.64. The van der Waals surface area contributed by atoms with Crippen LogP contribution >= 0.6 is 0 Å². The van der Waals surface area contributed by atoms with Gasteiger partial charge in [-0.15, -0.1) is 0 Å². The highest BCUT2D eigenvalue weighted by Crippen LogP contribution is 2.37. The number of epoxide rings is 1. The lowest BCUT2D eigenvalue weighted by Crippen LogP contribution is -2.43. The van der Waals surface area contributed by atoms with Crippen molar-refractivity contribution in [1.29, 1.82) is 0 Å². The first-order valence-corrected chi connectivity index (χ1v) is 5.74. The summed E-state index contributed by atoms with van der Waals surface area (Å²) < 4.78 is 21.6. The second-order valence-corrected chi connectivity index (χ2v) is 5.34. The van der Waals surface area contributed by atoms with Gasteiger partial charge in [0.1, 0.15) is 31.0 Å². The standard InChI is InChI=1S/C11H19NO5/c1-11(2,3)17-7(5-15-10(12)13)8-9-6(16-9)4-14-8/h6-9H,4-5H2,1-3H3,(H2,12,13)/t6-,7+,8+,9+/m0/s1. The van der Waals surface area contributed by atoms with E-state index in [1.54, 1.807) is 0 Å². The van der Waals surface area contributed by atoms with Crippen molar-refractivity contribution in [2.24, 2.45) is 5.73 Å². The lowest BCUT2D eigenvalue weighted by atomic mass is 10.1. The van der Waals surface area contributed by atoms with Gasteiger partial charge in [0.15, 0.2) is 0 Å². The summed E-state index contributed by atoms with van der Waals surface area (Å²) in [7, 11) is 0. The van der Waals surface area contributed by atoms with E-state index in [4.69, 9.17) is 24.7 Å². The molecule has 0 unspecified atom stereocenters. The van der Waals surface area contributed by atoms with Crippen LogP contribution < -0.4 is 5.73 Å². The third kappa shape index (κ3) is 3.31. The second kappa shape index (κ2) is 4.44. The minimum atomic E-state index is -0.807. The van der Waals surface area contributed by atoms with Gasteiger partial charge in [-0.1, -0.05) is 0 Å². The smallest absolute Gasteiger partial charge is 0.404 e. The van der Waals surface area contributed by atoms with Gasteiger partial charge < -0.3 is 24.7 Å². The zero-order chi connectivity index (χ0) is 12.6. The van der Waals surface area contributed by atoms with Crippen LogP contribution in [0.2, 0.25) is 0 Å². The number of hydrogen-bond acceptors (Lipinski definition) is 5. The molecule has 98 valence electrons. The van der Waals surface area contributed by atoms with Crippen molar-refractivity contribution < 1.29 is 23.7 Å². The highest BCUT2D eigenvalue weighted by atomic mass is 16.7. The van der Waals surface area contributed by atoms with Crippen molar-refractivity contribution in [1.82, 2.24) is 0 Å². The number of hydrogen-bond donors (Lipinski definition) is 1. The van der Waals surface area contributed by atoms with E-state index in [1.807, 2.05) is 20.8 Å². The quantitative estimate of drug-likeness (QED) is 0.726. The molecule has 17 heavy (non-hydrogen) atoms. The maximum absolute atomic E-state index is 10.6. The molecule has 4 atom stereocenters. The van der Waals surface area contributed by atoms with Gasteiger partial charge in [-0.25, -0.2) is 4.79 Å². The number of primary amides is 1. The Morgan fingerprint density at radius 1 is 1.53 bits per heavy atom. The second-order valence-electron chi connectivity index (χ2n) is 5.34. The first-order chi connectivity index (χ1) is 7.87. The van der Waals surface area contributed by atoms with Crippen molar-refractivity contribution in [2.45, 2.75) is 50.8 Å². The predicted molar refractivity (Wildman–Crippen MR) is 58.6 cm³/mol. The van der Waals surface area contributed by atoms with E-state index >= 15 is 0 Å². The summed E-state index contributed by atoms with van der Waals surface area (Å²) in [5.41, 5.74) is 4.61. The molecule has 2 fully saturated rings. The van der Waals surface area contributed by atoms with Gasteiger partial charge in [-0.2, -0.15) is 0 Å². The summed E-state index contributed by atoms with van der Waals surface area (Å²) in [6.45, 7) is 6.47. The third-order valence-electron chi connectivity index (χ3n) is 2.66. The Bertz CT molecular complexity index is 301. The lowest BCUT2D eigenvalue weighted by molar-refractivity contribution is -0.146. The Morgan fingerprint density at radius 3 is 2.65 bits per heavy atom. The van der Waals surface area contributed by atoms with Crippen molar-refractivity contribution in [3.63, 3.8) is 0 Å². The molecule has 2 rings (SSSR count). The fraction of sp³-hybridized carbons (Fsp3) is 0.909. The van der Waals surface area contributed by atoms with Gasteiger partial charge >= 0.3 is 6.09 Å². The summed E-state index contributed by atoms with van der Waals surface area (Å²) in [6, 6.07) is 0. The van der Waals surface area contributed by atoms with Gasteiger partial charge in [0, 0.05) is 0 Å². The van der Waals surface area contributed by atoms with E-state index in [9.17, 15) is 4.79 Å². The van der Waals surface area contributed by atoms with Crippen molar-refractivity contribution in [3.05, 3.63) is 0 Å². The zero-order valence-electron chi connectivity index (χ0n) is 10.3. The molecule has 0 saturated carbocycles. The van der Waals surface area contributed by atoms with Crippen LogP contribution in [0.3, 0.4) is 0 Å². The molecule has 0 bridgehead atoms. The Morgan fingerprint density at radius 2 is 2.24 bits per heavy atom. The van der Waals surface area contributed by atoms with Crippen molar-refractivity contribution in [2.75, 3.05) is 13.2 Å². The summed E-state index contributed by atoms with van der Waals surface area (Å²) in [5.74, 6) is 0. The number of rotatable bonds is 4. The molecule has 2 N–H and O–H groups in total. The summed E-state index contributed by atoms with van der Waals surface area (Å²) in [4.78, 5) is 10.6. The number of amides is 1. The maximum Gasteiger partial charge on any atom is 0.404 e. The topological polar surface area (TPSA) is 83.3 Å². The zero-order valence-corrected chi connectivity index (χ0v) is 10.3. The number of carbonyl (C=O) groups is 1. The predicted octanol–water partition coefficient (Wildman–Crippen LogP) is 0.432. The molecule has 1 amide bonds. The highest BCUT2D eigenvalue weighted by Gasteiger charge is 2.55. The van der Waals surface area contributed by atoms with Gasteiger partial charge in [-0.3, -0.25) is 0 Å². The number of carbonyl (C=O) groups excluding carboxylic acids is 1. The van der Waals surface area contributed by atoms with E-state index in [0.29, 0.717) is 6.61 Å². The summed E-state index contributed by atoms with van der Waals surface area (Å²) in [6.07, 6.45) is -1.09. The molecule has 2 saturated heterocycles. The Hall–Kier alpha value is -0.850. The molecule has 0 spiro atoms. The maximum atomic E-state index is 10.6. The molecule has 2 heterocycles. The third-order valence-corrected chi connectivity index (χ3v) is 2.66. The van der Waals surface area contributed by atoms with Gasteiger partial charge in [0.05, 0.1) is 12.2 Å². The van der Waals surface area contributed by atoms with Gasteiger partial charge in [0.25, 0.3) is 0 Å². The van der Waals surface area contributed by atoms with E-state index < -0.39 is 6.09 Å². The van der Waals surface area contributed by atoms with Crippen molar-refractivity contribution >= 4 is 6.09 Å². The van der Waals surface area contributed by atoms with Crippen LogP contribution in [0.4, 0.5) is 4.79 Å². The van der Waals surface area contributed by atoms with E-state index in [1.165, 1.54) is 0 Å². The molecule has 0 aromatic carbocycles. The molecule has 0 aromatic heterocycles. The van der Waals surface area contributed by atoms with Gasteiger partial charge in [0.2, 0.25) is 0 Å². The van der Waals surface area contributed by atoms with Crippen molar-refractivity contribution in [3.8, 4) is 0 Å². The summed E-state index contributed by atoms with van der Waals surface area (Å²) >= 11 is 0. The minimum Gasteiger partial charge on any atom is -0.447 e. The molecule has 2 aliphatic heterocycles. The first-order valence-electron chi connectivity index (χ1n) is 5.74. The SMILES string of the molecule is CC(C)(C)O[C@H](COC(N)=O)[C@H]1OC[C@@H]2O[C@@H]12. The molecule has 0 radical (unpaired) electrons. The lowest BCUT2D eigenvalue weighted by Gasteiger charge is -2.30. The number of nitrogens with two attached hydrogens (primary N) is 1. The van der Waals surface area contributed by atoms with Gasteiger partial charge in [-0.05, 0) is 20.8 Å². The Labute approximate surface area is 100 Å². The molecule has 2 aliphatic rings. The van der Waals surface area contributed by atoms with Crippen LogP contribution in [0, 0.1) is 0 Å². The fourth-order valence-corrected chi connectivity index (χ4v) is 2.01. The molecule has 6 heteroatoms. The number of fused-ring (bicyclic) bond motifs is 1. The monoisotopic (exact) mass is 245 g/mol. The van der Waals surface area contributed by atoms with Crippen LogP contribution in [0.15, 0.2) is 0 Å². The van der Waals surface area contributed by atoms with E-state index in [0.717, 1.165) is 0 Å². The minimum absolute atomic E-state index is 0.0684. The Kier molecular flexibility index (Phi) is 3.29. The van der Waals surface area contributed by atoms with E-state index in [2.05, 4.69) is 0 Å². The fourth-order valence-electron chi connectivity index (χ4n) is 2.01. The number of ether oxygens (including phenoxy) is 4. The molecular formula is C11H19NO5. The molecule has 0 aliphatic carbocycles. The van der Waals surface area contributed by atoms with Crippen LogP contribution in [0.5, 0.6) is 0 Å². The largest absolute Gasteiger partial charge is 0.447 e. The van der Waals surface area contributed by atoms with Crippen LogP contribution in [-0.2, 0) is 18.9 Å². The summed E-state index contributed by atoms with van der Waals surface area (Å²) in [5, 5.41) is 0. The van der Waals surface area contributed by atoms with E-state index in [-0.39, 0.29) is 36.6 Å².